The molecule has 2 aliphatic heterocycles. The number of carbonyl (C=O) groups excluding carboxylic acids is 1. The molecule has 144 valence electrons. The summed E-state index contributed by atoms with van der Waals surface area (Å²) >= 11 is 5.15. The molecule has 0 radical (unpaired) electrons. The molecule has 1 aromatic heterocycles. The number of anilines is 1. The first-order chi connectivity index (χ1) is 13.2. The number of carbonyl (C=O) groups is 1. The van der Waals surface area contributed by atoms with Gasteiger partial charge in [0.05, 0.1) is 5.69 Å². The SMILES string of the molecule is O=C(c1ccc(Br)cc1)N1CCN(c2nc(CN3CCCCC3)cs2)CC1. The Kier molecular flexibility index (Phi) is 6.10. The van der Waals surface area contributed by atoms with Gasteiger partial charge in [0, 0.05) is 48.1 Å². The average molecular weight is 449 g/mol. The van der Waals surface area contributed by atoms with Crippen molar-refractivity contribution in [2.75, 3.05) is 44.2 Å². The van der Waals surface area contributed by atoms with E-state index in [1.807, 2.05) is 29.2 Å². The fourth-order valence-corrected chi connectivity index (χ4v) is 4.87. The van der Waals surface area contributed by atoms with Crippen LogP contribution in [0.2, 0.25) is 0 Å². The molecule has 0 atom stereocenters. The summed E-state index contributed by atoms with van der Waals surface area (Å²) in [7, 11) is 0. The van der Waals surface area contributed by atoms with E-state index in [0.717, 1.165) is 47.9 Å². The highest BCUT2D eigenvalue weighted by Crippen LogP contribution is 2.24. The maximum absolute atomic E-state index is 12.7. The fourth-order valence-electron chi connectivity index (χ4n) is 3.74. The Morgan fingerprint density at radius 1 is 1.00 bits per heavy atom. The second-order valence-corrected chi connectivity index (χ2v) is 9.00. The van der Waals surface area contributed by atoms with Crippen molar-refractivity contribution in [2.45, 2.75) is 25.8 Å². The van der Waals surface area contributed by atoms with Crippen molar-refractivity contribution >= 4 is 38.3 Å². The predicted molar refractivity (Wildman–Crippen MR) is 114 cm³/mol. The van der Waals surface area contributed by atoms with Crippen LogP contribution < -0.4 is 4.90 Å². The summed E-state index contributed by atoms with van der Waals surface area (Å²) in [5.41, 5.74) is 1.94. The van der Waals surface area contributed by atoms with Crippen LogP contribution >= 0.6 is 27.3 Å². The first-order valence-corrected chi connectivity index (χ1v) is 11.3. The van der Waals surface area contributed by atoms with Gasteiger partial charge in [-0.3, -0.25) is 9.69 Å². The number of aromatic nitrogens is 1. The highest BCUT2D eigenvalue weighted by atomic mass is 79.9. The van der Waals surface area contributed by atoms with Gasteiger partial charge in [-0.2, -0.15) is 0 Å². The number of piperidine rings is 1. The second-order valence-electron chi connectivity index (χ2n) is 7.24. The standard InChI is InChI=1S/C20H25BrN4OS/c21-17-6-4-16(5-7-17)19(26)24-10-12-25(13-11-24)20-22-18(15-27-20)14-23-8-2-1-3-9-23/h4-7,15H,1-3,8-14H2. The van der Waals surface area contributed by atoms with Crippen LogP contribution in [0, 0.1) is 0 Å². The van der Waals surface area contributed by atoms with E-state index < -0.39 is 0 Å². The van der Waals surface area contributed by atoms with Gasteiger partial charge >= 0.3 is 0 Å². The lowest BCUT2D eigenvalue weighted by Gasteiger charge is -2.34. The lowest BCUT2D eigenvalue weighted by molar-refractivity contribution is 0.0746. The van der Waals surface area contributed by atoms with Gasteiger partial charge in [-0.25, -0.2) is 4.98 Å². The Morgan fingerprint density at radius 2 is 1.70 bits per heavy atom. The third-order valence-corrected chi connectivity index (χ3v) is 6.78. The minimum absolute atomic E-state index is 0.118. The summed E-state index contributed by atoms with van der Waals surface area (Å²) in [6.07, 6.45) is 3.98. The molecule has 4 rings (SSSR count). The number of hydrogen-bond donors (Lipinski definition) is 0. The minimum Gasteiger partial charge on any atom is -0.345 e. The molecule has 0 unspecified atom stereocenters. The molecule has 0 saturated carbocycles. The van der Waals surface area contributed by atoms with E-state index in [4.69, 9.17) is 4.98 Å². The van der Waals surface area contributed by atoms with Crippen LogP contribution in [0.25, 0.3) is 0 Å². The third kappa shape index (κ3) is 4.70. The van der Waals surface area contributed by atoms with Crippen LogP contribution in [0.3, 0.4) is 0 Å². The highest BCUT2D eigenvalue weighted by Gasteiger charge is 2.24. The van der Waals surface area contributed by atoms with Crippen LogP contribution in [0.1, 0.15) is 35.3 Å². The van der Waals surface area contributed by atoms with Crippen molar-refractivity contribution in [3.8, 4) is 0 Å². The molecule has 0 bridgehead atoms. The fraction of sp³-hybridized carbons (Fsp3) is 0.500. The molecule has 0 aliphatic carbocycles. The van der Waals surface area contributed by atoms with E-state index in [1.54, 1.807) is 11.3 Å². The topological polar surface area (TPSA) is 39.7 Å². The normalized spacial score (nSPS) is 18.7. The zero-order valence-electron chi connectivity index (χ0n) is 15.4. The summed E-state index contributed by atoms with van der Waals surface area (Å²) in [6, 6.07) is 7.60. The second kappa shape index (κ2) is 8.71. The molecule has 27 heavy (non-hydrogen) atoms. The van der Waals surface area contributed by atoms with Crippen LogP contribution in [-0.2, 0) is 6.54 Å². The summed E-state index contributed by atoms with van der Waals surface area (Å²) in [4.78, 5) is 24.3. The maximum atomic E-state index is 12.7. The van der Waals surface area contributed by atoms with Crippen LogP contribution in [0.15, 0.2) is 34.1 Å². The van der Waals surface area contributed by atoms with E-state index in [2.05, 4.69) is 31.1 Å². The van der Waals surface area contributed by atoms with E-state index in [1.165, 1.54) is 38.0 Å². The van der Waals surface area contributed by atoms with Crippen LogP contribution in [-0.4, -0.2) is 60.0 Å². The monoisotopic (exact) mass is 448 g/mol. The third-order valence-electron chi connectivity index (χ3n) is 5.30. The van der Waals surface area contributed by atoms with E-state index in [-0.39, 0.29) is 5.91 Å². The Balaban J connectivity index is 1.31. The Labute approximate surface area is 173 Å². The van der Waals surface area contributed by atoms with Crippen LogP contribution in [0.4, 0.5) is 5.13 Å². The van der Waals surface area contributed by atoms with Crippen molar-refractivity contribution in [3.05, 3.63) is 45.4 Å². The number of rotatable bonds is 4. The quantitative estimate of drug-likeness (QED) is 0.711. The number of likely N-dealkylation sites (tertiary alicyclic amines) is 1. The molecule has 2 aliphatic rings. The molecule has 0 N–H and O–H groups in total. The number of nitrogens with zero attached hydrogens (tertiary/aromatic N) is 4. The van der Waals surface area contributed by atoms with Crippen molar-refractivity contribution in [2.24, 2.45) is 0 Å². The number of piperazine rings is 1. The molecule has 2 fully saturated rings. The van der Waals surface area contributed by atoms with Gasteiger partial charge in [-0.1, -0.05) is 22.4 Å². The van der Waals surface area contributed by atoms with Crippen molar-refractivity contribution in [1.29, 1.82) is 0 Å². The minimum atomic E-state index is 0.118. The van der Waals surface area contributed by atoms with Crippen molar-refractivity contribution in [3.63, 3.8) is 0 Å². The summed E-state index contributed by atoms with van der Waals surface area (Å²) in [5.74, 6) is 0.118. The molecule has 3 heterocycles. The molecular formula is C20H25BrN4OS. The molecule has 7 heteroatoms. The average Bonchev–Trinajstić information content (AvgIpc) is 3.17. The largest absolute Gasteiger partial charge is 0.345 e. The van der Waals surface area contributed by atoms with Gasteiger partial charge < -0.3 is 9.80 Å². The van der Waals surface area contributed by atoms with Gasteiger partial charge in [0.15, 0.2) is 5.13 Å². The molecule has 1 aromatic carbocycles. The molecule has 1 amide bonds. The molecule has 0 spiro atoms. The Bertz CT molecular complexity index is 765. The first kappa shape index (κ1) is 18.9. The predicted octanol–water partition coefficient (Wildman–Crippen LogP) is 3.85. The molecule has 5 nitrogen and oxygen atoms in total. The highest BCUT2D eigenvalue weighted by molar-refractivity contribution is 9.10. The van der Waals surface area contributed by atoms with E-state index in [0.29, 0.717) is 0 Å². The van der Waals surface area contributed by atoms with Gasteiger partial charge in [0.1, 0.15) is 0 Å². The summed E-state index contributed by atoms with van der Waals surface area (Å²) in [5, 5.41) is 3.29. The summed E-state index contributed by atoms with van der Waals surface area (Å²) < 4.78 is 0.994. The van der Waals surface area contributed by atoms with E-state index >= 15 is 0 Å². The number of halogens is 1. The maximum Gasteiger partial charge on any atom is 0.253 e. The van der Waals surface area contributed by atoms with Gasteiger partial charge in [-0.15, -0.1) is 11.3 Å². The lowest BCUT2D eigenvalue weighted by atomic mass is 10.1. The first-order valence-electron chi connectivity index (χ1n) is 9.65. The van der Waals surface area contributed by atoms with Crippen LogP contribution in [0.5, 0.6) is 0 Å². The van der Waals surface area contributed by atoms with Crippen molar-refractivity contribution < 1.29 is 4.79 Å². The number of benzene rings is 1. The molecular weight excluding hydrogens is 424 g/mol. The number of amides is 1. The van der Waals surface area contributed by atoms with Gasteiger partial charge in [-0.05, 0) is 50.2 Å². The molecule has 2 aromatic rings. The zero-order chi connectivity index (χ0) is 18.6. The van der Waals surface area contributed by atoms with Crippen molar-refractivity contribution in [1.82, 2.24) is 14.8 Å². The Hall–Kier alpha value is -1.44. The lowest BCUT2D eigenvalue weighted by Crippen LogP contribution is -2.48. The summed E-state index contributed by atoms with van der Waals surface area (Å²) in [6.45, 7) is 6.55. The van der Waals surface area contributed by atoms with E-state index in [9.17, 15) is 4.79 Å². The number of hydrogen-bond acceptors (Lipinski definition) is 5. The van der Waals surface area contributed by atoms with Gasteiger partial charge in [0.2, 0.25) is 0 Å². The molecule has 2 saturated heterocycles. The number of thiazole rings is 1. The smallest absolute Gasteiger partial charge is 0.253 e. The van der Waals surface area contributed by atoms with Gasteiger partial charge in [0.25, 0.3) is 5.91 Å². The Morgan fingerprint density at radius 3 is 2.41 bits per heavy atom. The zero-order valence-corrected chi connectivity index (χ0v) is 17.8.